The molecule has 1 N–H and O–H groups in total. The lowest BCUT2D eigenvalue weighted by molar-refractivity contribution is -0.140. The smallest absolute Gasteiger partial charge is 0.305 e. The maximum Gasteiger partial charge on any atom is 0.305 e. The van der Waals surface area contributed by atoms with E-state index in [1.165, 1.54) is 25.2 Å². The Balaban J connectivity index is 1.96. The molecule has 0 radical (unpaired) electrons. The fourth-order valence-corrected chi connectivity index (χ4v) is 3.06. The molecule has 1 aliphatic rings. The van der Waals surface area contributed by atoms with E-state index in [1.807, 2.05) is 18.2 Å². The molecule has 0 spiro atoms. The van der Waals surface area contributed by atoms with E-state index in [0.717, 1.165) is 19.3 Å². The third kappa shape index (κ3) is 4.65. The fourth-order valence-electron chi connectivity index (χ4n) is 3.06. The standard InChI is InChI=1S/C18H23NO4/c1-12(20)19-10-9-13-3-4-14-11-15(5-6-16(13)14)17(21)7-8-18(22)23-2/h5-6,11,13H,3-4,7-10H2,1-2H3,(H,19,20). The minimum Gasteiger partial charge on any atom is -0.469 e. The van der Waals surface area contributed by atoms with Crippen LogP contribution in [-0.2, 0) is 20.7 Å². The van der Waals surface area contributed by atoms with Crippen LogP contribution in [0.3, 0.4) is 0 Å². The van der Waals surface area contributed by atoms with Crippen molar-refractivity contribution in [3.63, 3.8) is 0 Å². The second kappa shape index (κ2) is 7.90. The van der Waals surface area contributed by atoms with Crippen LogP contribution in [0, 0.1) is 0 Å². The van der Waals surface area contributed by atoms with Gasteiger partial charge in [0.2, 0.25) is 5.91 Å². The summed E-state index contributed by atoms with van der Waals surface area (Å²) in [6.07, 6.45) is 3.22. The molecule has 5 nitrogen and oxygen atoms in total. The number of hydrogen-bond donors (Lipinski definition) is 1. The molecule has 0 bridgehead atoms. The number of fused-ring (bicyclic) bond motifs is 1. The third-order valence-electron chi connectivity index (χ3n) is 4.32. The third-order valence-corrected chi connectivity index (χ3v) is 4.32. The Hall–Kier alpha value is -2.17. The molecular formula is C18H23NO4. The molecule has 0 saturated carbocycles. The Morgan fingerprint density at radius 2 is 2.04 bits per heavy atom. The van der Waals surface area contributed by atoms with E-state index in [-0.39, 0.29) is 30.5 Å². The second-order valence-corrected chi connectivity index (χ2v) is 5.92. The molecule has 0 heterocycles. The van der Waals surface area contributed by atoms with E-state index in [4.69, 9.17) is 0 Å². The van der Waals surface area contributed by atoms with E-state index >= 15 is 0 Å². The molecule has 1 aromatic rings. The number of ether oxygens (including phenoxy) is 1. The van der Waals surface area contributed by atoms with Crippen molar-refractivity contribution in [2.75, 3.05) is 13.7 Å². The maximum atomic E-state index is 12.1. The van der Waals surface area contributed by atoms with Crippen LogP contribution in [-0.4, -0.2) is 31.3 Å². The van der Waals surface area contributed by atoms with Gasteiger partial charge in [-0.05, 0) is 42.4 Å². The van der Waals surface area contributed by atoms with Crippen LogP contribution in [0.1, 0.15) is 60.0 Å². The predicted molar refractivity (Wildman–Crippen MR) is 86.4 cm³/mol. The molecule has 1 atom stereocenters. The largest absolute Gasteiger partial charge is 0.469 e. The van der Waals surface area contributed by atoms with Crippen LogP contribution < -0.4 is 5.32 Å². The predicted octanol–water partition coefficient (Wildman–Crippen LogP) is 2.38. The normalized spacial score (nSPS) is 15.8. The van der Waals surface area contributed by atoms with Gasteiger partial charge in [0.1, 0.15) is 0 Å². The molecular weight excluding hydrogens is 294 g/mol. The maximum absolute atomic E-state index is 12.1. The van der Waals surface area contributed by atoms with Gasteiger partial charge in [-0.2, -0.15) is 0 Å². The highest BCUT2D eigenvalue weighted by Gasteiger charge is 2.23. The van der Waals surface area contributed by atoms with E-state index in [9.17, 15) is 14.4 Å². The summed E-state index contributed by atoms with van der Waals surface area (Å²) in [7, 11) is 1.32. The first kappa shape index (κ1) is 17.2. The van der Waals surface area contributed by atoms with Crippen molar-refractivity contribution in [2.45, 2.75) is 44.9 Å². The van der Waals surface area contributed by atoms with Gasteiger partial charge in [-0.15, -0.1) is 0 Å². The molecule has 23 heavy (non-hydrogen) atoms. The SMILES string of the molecule is COC(=O)CCC(=O)c1ccc2c(c1)CCC2CCNC(C)=O. The highest BCUT2D eigenvalue weighted by molar-refractivity contribution is 5.97. The number of benzene rings is 1. The van der Waals surface area contributed by atoms with E-state index < -0.39 is 0 Å². The van der Waals surface area contributed by atoms with Crippen molar-refractivity contribution in [3.8, 4) is 0 Å². The highest BCUT2D eigenvalue weighted by Crippen LogP contribution is 2.35. The number of esters is 1. The lowest BCUT2D eigenvalue weighted by Crippen LogP contribution is -2.22. The van der Waals surface area contributed by atoms with Crippen molar-refractivity contribution in [1.82, 2.24) is 5.32 Å². The van der Waals surface area contributed by atoms with Crippen LogP contribution >= 0.6 is 0 Å². The molecule has 1 aliphatic carbocycles. The number of Topliss-reactive ketones (excluding diaryl/α,β-unsaturated/α-hetero) is 1. The minimum atomic E-state index is -0.363. The molecule has 1 unspecified atom stereocenters. The van der Waals surface area contributed by atoms with Crippen molar-refractivity contribution in [1.29, 1.82) is 0 Å². The van der Waals surface area contributed by atoms with Crippen LogP contribution in [0.4, 0.5) is 0 Å². The summed E-state index contributed by atoms with van der Waals surface area (Å²) in [5.41, 5.74) is 3.15. The first-order valence-corrected chi connectivity index (χ1v) is 7.98. The Labute approximate surface area is 136 Å². The van der Waals surface area contributed by atoms with Crippen molar-refractivity contribution in [2.24, 2.45) is 0 Å². The first-order valence-electron chi connectivity index (χ1n) is 7.98. The van der Waals surface area contributed by atoms with Gasteiger partial charge in [-0.1, -0.05) is 12.1 Å². The van der Waals surface area contributed by atoms with Gasteiger partial charge in [0, 0.05) is 25.5 Å². The van der Waals surface area contributed by atoms with Crippen molar-refractivity contribution in [3.05, 3.63) is 34.9 Å². The van der Waals surface area contributed by atoms with Gasteiger partial charge in [-0.3, -0.25) is 14.4 Å². The van der Waals surface area contributed by atoms with Crippen LogP contribution in [0.5, 0.6) is 0 Å². The van der Waals surface area contributed by atoms with Crippen molar-refractivity contribution < 1.29 is 19.1 Å². The quantitative estimate of drug-likeness (QED) is 0.619. The number of hydrogen-bond acceptors (Lipinski definition) is 4. The summed E-state index contributed by atoms with van der Waals surface area (Å²) in [5.74, 6) is 0.0447. The average Bonchev–Trinajstić information content (AvgIpc) is 2.94. The minimum absolute atomic E-state index is 0.00484. The number of ketones is 1. The molecule has 0 aliphatic heterocycles. The number of amides is 1. The molecule has 0 aromatic heterocycles. The number of carbonyl (C=O) groups excluding carboxylic acids is 3. The topological polar surface area (TPSA) is 72.5 Å². The zero-order valence-corrected chi connectivity index (χ0v) is 13.7. The van der Waals surface area contributed by atoms with E-state index in [2.05, 4.69) is 10.1 Å². The van der Waals surface area contributed by atoms with Crippen molar-refractivity contribution >= 4 is 17.7 Å². The molecule has 124 valence electrons. The molecule has 5 heteroatoms. The van der Waals surface area contributed by atoms with E-state index in [0.29, 0.717) is 18.0 Å². The zero-order valence-electron chi connectivity index (χ0n) is 13.7. The van der Waals surface area contributed by atoms with Crippen LogP contribution in [0.25, 0.3) is 0 Å². The van der Waals surface area contributed by atoms with Gasteiger partial charge in [0.15, 0.2) is 5.78 Å². The lowest BCUT2D eigenvalue weighted by Gasteiger charge is -2.12. The van der Waals surface area contributed by atoms with Gasteiger partial charge in [0.25, 0.3) is 0 Å². The lowest BCUT2D eigenvalue weighted by atomic mass is 9.95. The summed E-state index contributed by atoms with van der Waals surface area (Å²) in [4.78, 5) is 34.2. The number of carbonyl (C=O) groups is 3. The Kier molecular flexibility index (Phi) is 5.90. The van der Waals surface area contributed by atoms with E-state index in [1.54, 1.807) is 0 Å². The number of rotatable bonds is 7. The molecule has 1 aromatic carbocycles. The van der Waals surface area contributed by atoms with Gasteiger partial charge in [-0.25, -0.2) is 0 Å². The number of nitrogens with one attached hydrogen (secondary N) is 1. The Morgan fingerprint density at radius 3 is 2.74 bits per heavy atom. The number of methoxy groups -OCH3 is 1. The van der Waals surface area contributed by atoms with Gasteiger partial charge < -0.3 is 10.1 Å². The average molecular weight is 317 g/mol. The highest BCUT2D eigenvalue weighted by atomic mass is 16.5. The molecule has 0 saturated heterocycles. The summed E-state index contributed by atoms with van der Waals surface area (Å²) < 4.78 is 4.56. The molecule has 1 amide bonds. The zero-order chi connectivity index (χ0) is 16.8. The van der Waals surface area contributed by atoms with Crippen LogP contribution in [0.2, 0.25) is 0 Å². The summed E-state index contributed by atoms with van der Waals surface area (Å²) >= 11 is 0. The summed E-state index contributed by atoms with van der Waals surface area (Å²) in [6.45, 7) is 2.20. The Morgan fingerprint density at radius 1 is 1.26 bits per heavy atom. The molecule has 2 rings (SSSR count). The van der Waals surface area contributed by atoms with Gasteiger partial charge in [0.05, 0.1) is 13.5 Å². The fraction of sp³-hybridized carbons (Fsp3) is 0.500. The van der Waals surface area contributed by atoms with Crippen LogP contribution in [0.15, 0.2) is 18.2 Å². The first-order chi connectivity index (χ1) is 11.0. The summed E-state index contributed by atoms with van der Waals surface area (Å²) in [5, 5.41) is 2.83. The summed E-state index contributed by atoms with van der Waals surface area (Å²) in [6, 6.07) is 5.81. The molecule has 0 fully saturated rings. The van der Waals surface area contributed by atoms with Gasteiger partial charge >= 0.3 is 5.97 Å². The number of aryl methyl sites for hydroxylation is 1. The second-order valence-electron chi connectivity index (χ2n) is 5.92. The Bertz CT molecular complexity index is 609. The monoisotopic (exact) mass is 317 g/mol.